The summed E-state index contributed by atoms with van der Waals surface area (Å²) in [7, 11) is 1.44. The zero-order valence-corrected chi connectivity index (χ0v) is 12.2. The fourth-order valence-corrected chi connectivity index (χ4v) is 2.19. The molecule has 4 heteroatoms. The molecule has 0 aliphatic heterocycles. The predicted molar refractivity (Wildman–Crippen MR) is 79.5 cm³/mol. The molecule has 0 heterocycles. The number of hydrogen-bond donors (Lipinski definition) is 1. The van der Waals surface area contributed by atoms with E-state index in [9.17, 15) is 8.78 Å². The molecule has 1 atom stereocenters. The van der Waals surface area contributed by atoms with Gasteiger partial charge in [0, 0.05) is 6.04 Å². The first-order chi connectivity index (χ1) is 10.1. The van der Waals surface area contributed by atoms with Crippen LogP contribution in [0.4, 0.5) is 8.78 Å². The zero-order chi connectivity index (χ0) is 15.2. The minimum Gasteiger partial charge on any atom is -0.494 e. The van der Waals surface area contributed by atoms with E-state index in [-0.39, 0.29) is 23.4 Å². The van der Waals surface area contributed by atoms with Crippen LogP contribution in [0.5, 0.6) is 5.75 Å². The topological polar surface area (TPSA) is 21.3 Å². The molecule has 2 rings (SSSR count). The summed E-state index contributed by atoms with van der Waals surface area (Å²) in [6.07, 6.45) is 0.606. The van der Waals surface area contributed by atoms with Gasteiger partial charge in [-0.2, -0.15) is 0 Å². The normalized spacial score (nSPS) is 12.2. The van der Waals surface area contributed by atoms with Crippen molar-refractivity contribution in [2.75, 3.05) is 13.7 Å². The summed E-state index contributed by atoms with van der Waals surface area (Å²) in [6, 6.07) is 11.6. The summed E-state index contributed by atoms with van der Waals surface area (Å²) in [6.45, 7) is 2.62. The van der Waals surface area contributed by atoms with Gasteiger partial charge in [0.05, 0.1) is 7.11 Å². The Morgan fingerprint density at radius 1 is 1.10 bits per heavy atom. The van der Waals surface area contributed by atoms with E-state index in [0.717, 1.165) is 5.56 Å². The highest BCUT2D eigenvalue weighted by molar-refractivity contribution is 5.32. The fraction of sp³-hybridized carbons (Fsp3) is 0.294. The van der Waals surface area contributed by atoms with Crippen LogP contribution >= 0.6 is 0 Å². The lowest BCUT2D eigenvalue weighted by molar-refractivity contribution is 0.385. The Morgan fingerprint density at radius 2 is 1.86 bits per heavy atom. The number of methoxy groups -OCH3 is 1. The van der Waals surface area contributed by atoms with Crippen molar-refractivity contribution in [1.82, 2.24) is 5.32 Å². The van der Waals surface area contributed by atoms with Gasteiger partial charge in [-0.1, -0.05) is 24.3 Å². The molecular weight excluding hydrogens is 272 g/mol. The third-order valence-electron chi connectivity index (χ3n) is 3.48. The molecule has 1 unspecified atom stereocenters. The number of halogens is 2. The van der Waals surface area contributed by atoms with Gasteiger partial charge in [0.15, 0.2) is 11.6 Å². The molecule has 0 saturated carbocycles. The Kier molecular flexibility index (Phi) is 5.28. The Balaban J connectivity index is 1.93. The van der Waals surface area contributed by atoms with Gasteiger partial charge in [0.25, 0.3) is 0 Å². The van der Waals surface area contributed by atoms with E-state index in [1.807, 2.05) is 13.0 Å². The van der Waals surface area contributed by atoms with Gasteiger partial charge in [-0.15, -0.1) is 0 Å². The molecule has 0 fully saturated rings. The first-order valence-electron chi connectivity index (χ1n) is 6.92. The SMILES string of the molecule is COc1cc(C(C)NCCc2ccccc2F)ccc1F. The van der Waals surface area contributed by atoms with Crippen molar-refractivity contribution in [1.29, 1.82) is 0 Å². The average Bonchev–Trinajstić information content (AvgIpc) is 2.49. The molecule has 2 aromatic carbocycles. The summed E-state index contributed by atoms with van der Waals surface area (Å²) in [5.74, 6) is -0.328. The molecule has 2 nitrogen and oxygen atoms in total. The van der Waals surface area contributed by atoms with Crippen LogP contribution in [-0.2, 0) is 6.42 Å². The van der Waals surface area contributed by atoms with Crippen molar-refractivity contribution >= 4 is 0 Å². The summed E-state index contributed by atoms with van der Waals surface area (Å²) in [4.78, 5) is 0. The third-order valence-corrected chi connectivity index (χ3v) is 3.48. The first kappa shape index (κ1) is 15.4. The minimum atomic E-state index is -0.375. The van der Waals surface area contributed by atoms with Crippen molar-refractivity contribution in [3.63, 3.8) is 0 Å². The Morgan fingerprint density at radius 3 is 2.57 bits per heavy atom. The lowest BCUT2D eigenvalue weighted by Gasteiger charge is -2.15. The van der Waals surface area contributed by atoms with Crippen LogP contribution in [0.1, 0.15) is 24.1 Å². The van der Waals surface area contributed by atoms with E-state index in [1.165, 1.54) is 19.2 Å². The first-order valence-corrected chi connectivity index (χ1v) is 6.92. The molecule has 0 spiro atoms. The van der Waals surface area contributed by atoms with Gasteiger partial charge in [-0.05, 0) is 49.2 Å². The maximum absolute atomic E-state index is 13.5. The standard InChI is InChI=1S/C17H19F2NO/c1-12(14-7-8-16(19)17(11-14)21-2)20-10-9-13-5-3-4-6-15(13)18/h3-8,11-12,20H,9-10H2,1-2H3. The van der Waals surface area contributed by atoms with Crippen LogP contribution in [-0.4, -0.2) is 13.7 Å². The van der Waals surface area contributed by atoms with Crippen molar-refractivity contribution in [3.05, 3.63) is 65.2 Å². The summed E-state index contributed by atoms with van der Waals surface area (Å²) >= 11 is 0. The molecule has 112 valence electrons. The molecule has 0 bridgehead atoms. The van der Waals surface area contributed by atoms with E-state index in [4.69, 9.17) is 4.74 Å². The maximum atomic E-state index is 13.5. The number of nitrogens with one attached hydrogen (secondary N) is 1. The monoisotopic (exact) mass is 291 g/mol. The molecule has 0 aliphatic rings. The smallest absolute Gasteiger partial charge is 0.165 e. The molecule has 0 aliphatic carbocycles. The highest BCUT2D eigenvalue weighted by Crippen LogP contribution is 2.22. The molecule has 0 amide bonds. The molecule has 0 aromatic heterocycles. The van der Waals surface area contributed by atoms with Gasteiger partial charge in [-0.3, -0.25) is 0 Å². The third kappa shape index (κ3) is 4.02. The molecule has 0 radical (unpaired) electrons. The molecule has 0 saturated heterocycles. The highest BCUT2D eigenvalue weighted by Gasteiger charge is 2.09. The minimum absolute atomic E-state index is 0.0336. The Labute approximate surface area is 123 Å². The second kappa shape index (κ2) is 7.18. The van der Waals surface area contributed by atoms with Crippen molar-refractivity contribution < 1.29 is 13.5 Å². The van der Waals surface area contributed by atoms with Gasteiger partial charge in [0.1, 0.15) is 5.82 Å². The second-order valence-corrected chi connectivity index (χ2v) is 4.91. The van der Waals surface area contributed by atoms with Crippen LogP contribution in [0, 0.1) is 11.6 Å². The van der Waals surface area contributed by atoms with E-state index >= 15 is 0 Å². The van der Waals surface area contributed by atoms with E-state index < -0.39 is 0 Å². The van der Waals surface area contributed by atoms with Gasteiger partial charge < -0.3 is 10.1 Å². The van der Waals surface area contributed by atoms with Crippen LogP contribution in [0.15, 0.2) is 42.5 Å². The highest BCUT2D eigenvalue weighted by atomic mass is 19.1. The lowest BCUT2D eigenvalue weighted by atomic mass is 10.1. The molecule has 2 aromatic rings. The van der Waals surface area contributed by atoms with E-state index in [1.54, 1.807) is 24.3 Å². The number of hydrogen-bond acceptors (Lipinski definition) is 2. The average molecular weight is 291 g/mol. The predicted octanol–water partition coefficient (Wildman–Crippen LogP) is 3.87. The lowest BCUT2D eigenvalue weighted by Crippen LogP contribution is -2.21. The number of rotatable bonds is 6. The summed E-state index contributed by atoms with van der Waals surface area (Å²) in [5.41, 5.74) is 1.62. The van der Waals surface area contributed by atoms with E-state index in [2.05, 4.69) is 5.32 Å². The molecular formula is C17H19F2NO. The largest absolute Gasteiger partial charge is 0.494 e. The van der Waals surface area contributed by atoms with Crippen LogP contribution in [0.25, 0.3) is 0 Å². The quantitative estimate of drug-likeness (QED) is 0.872. The van der Waals surface area contributed by atoms with Crippen molar-refractivity contribution in [3.8, 4) is 5.75 Å². The molecule has 1 N–H and O–H groups in total. The summed E-state index contributed by atoms with van der Waals surface area (Å²) in [5, 5.41) is 3.30. The van der Waals surface area contributed by atoms with Gasteiger partial charge >= 0.3 is 0 Å². The van der Waals surface area contributed by atoms with Crippen LogP contribution < -0.4 is 10.1 Å². The maximum Gasteiger partial charge on any atom is 0.165 e. The van der Waals surface area contributed by atoms with Crippen LogP contribution in [0.3, 0.4) is 0 Å². The second-order valence-electron chi connectivity index (χ2n) is 4.91. The summed E-state index contributed by atoms with van der Waals surface area (Å²) < 4.78 is 31.8. The number of ether oxygens (including phenoxy) is 1. The van der Waals surface area contributed by atoms with E-state index in [0.29, 0.717) is 18.5 Å². The fourth-order valence-electron chi connectivity index (χ4n) is 2.19. The van der Waals surface area contributed by atoms with Crippen LogP contribution in [0.2, 0.25) is 0 Å². The Hall–Kier alpha value is -1.94. The van der Waals surface area contributed by atoms with Gasteiger partial charge in [-0.25, -0.2) is 8.78 Å². The molecule has 21 heavy (non-hydrogen) atoms. The van der Waals surface area contributed by atoms with Crippen molar-refractivity contribution in [2.45, 2.75) is 19.4 Å². The zero-order valence-electron chi connectivity index (χ0n) is 12.2. The number of benzene rings is 2. The van der Waals surface area contributed by atoms with Gasteiger partial charge in [0.2, 0.25) is 0 Å². The van der Waals surface area contributed by atoms with Crippen molar-refractivity contribution in [2.24, 2.45) is 0 Å². The Bertz CT molecular complexity index is 601.